The van der Waals surface area contributed by atoms with Crippen molar-refractivity contribution in [2.75, 3.05) is 6.54 Å². The van der Waals surface area contributed by atoms with Gasteiger partial charge in [-0.1, -0.05) is 12.1 Å². The highest BCUT2D eigenvalue weighted by Crippen LogP contribution is 2.30. The van der Waals surface area contributed by atoms with Crippen molar-refractivity contribution in [1.82, 2.24) is 4.98 Å². The van der Waals surface area contributed by atoms with Crippen LogP contribution in [-0.2, 0) is 12.6 Å². The largest absolute Gasteiger partial charge is 0.448 e. The number of hydrogen-bond donors (Lipinski definition) is 1. The number of benzene rings is 1. The topological polar surface area (TPSA) is 52.0 Å². The van der Waals surface area contributed by atoms with Crippen LogP contribution in [0.2, 0.25) is 0 Å². The number of halogens is 3. The number of nitrogens with zero attached hydrogens (tertiary/aromatic N) is 1. The first kappa shape index (κ1) is 12.6. The molecule has 0 unspecified atom stereocenters. The Morgan fingerprint density at radius 3 is 2.39 bits per heavy atom. The quantitative estimate of drug-likeness (QED) is 0.918. The zero-order chi connectivity index (χ0) is 13.2. The van der Waals surface area contributed by atoms with E-state index in [1.807, 2.05) is 0 Å². The Kier molecular flexibility index (Phi) is 3.38. The van der Waals surface area contributed by atoms with E-state index in [1.54, 1.807) is 0 Å². The SMILES string of the molecule is NCCc1nc(-c2ccc(C(F)(F)F)cc2)co1. The molecule has 2 aromatic rings. The first-order chi connectivity index (χ1) is 8.50. The first-order valence-electron chi connectivity index (χ1n) is 5.33. The van der Waals surface area contributed by atoms with Crippen LogP contribution < -0.4 is 5.73 Å². The summed E-state index contributed by atoms with van der Waals surface area (Å²) in [5.74, 6) is 0.479. The van der Waals surface area contributed by atoms with Crippen LogP contribution in [0.4, 0.5) is 13.2 Å². The Bertz CT molecular complexity index is 517. The molecule has 0 bridgehead atoms. The predicted molar refractivity (Wildman–Crippen MR) is 59.7 cm³/mol. The molecule has 0 spiro atoms. The zero-order valence-electron chi connectivity index (χ0n) is 9.37. The third kappa shape index (κ3) is 2.70. The van der Waals surface area contributed by atoms with Gasteiger partial charge in [-0.15, -0.1) is 0 Å². The minimum Gasteiger partial charge on any atom is -0.448 e. The fraction of sp³-hybridized carbons (Fsp3) is 0.250. The standard InChI is InChI=1S/C12H11F3N2O/c13-12(14,15)9-3-1-8(2-4-9)10-7-18-11(17-10)5-6-16/h1-4,7H,5-6,16H2. The molecule has 0 fully saturated rings. The third-order valence-electron chi connectivity index (χ3n) is 2.42. The van der Waals surface area contributed by atoms with E-state index in [1.165, 1.54) is 18.4 Å². The van der Waals surface area contributed by atoms with Crippen molar-refractivity contribution < 1.29 is 17.6 Å². The minimum atomic E-state index is -4.33. The van der Waals surface area contributed by atoms with Gasteiger partial charge >= 0.3 is 6.18 Å². The summed E-state index contributed by atoms with van der Waals surface area (Å²) in [6, 6.07) is 4.78. The molecule has 1 heterocycles. The van der Waals surface area contributed by atoms with Crippen molar-refractivity contribution >= 4 is 0 Å². The molecular weight excluding hydrogens is 245 g/mol. The van der Waals surface area contributed by atoms with Crippen LogP contribution in [0.25, 0.3) is 11.3 Å². The van der Waals surface area contributed by atoms with Crippen LogP contribution in [0, 0.1) is 0 Å². The monoisotopic (exact) mass is 256 g/mol. The molecule has 0 aliphatic carbocycles. The summed E-state index contributed by atoms with van der Waals surface area (Å²) < 4.78 is 42.3. The Morgan fingerprint density at radius 2 is 1.83 bits per heavy atom. The molecule has 1 aromatic heterocycles. The van der Waals surface area contributed by atoms with Crippen LogP contribution in [-0.4, -0.2) is 11.5 Å². The Morgan fingerprint density at radius 1 is 1.17 bits per heavy atom. The molecule has 2 rings (SSSR count). The summed E-state index contributed by atoms with van der Waals surface area (Å²) in [6.07, 6.45) is -2.42. The summed E-state index contributed by atoms with van der Waals surface area (Å²) in [4.78, 5) is 4.13. The molecule has 0 atom stereocenters. The molecule has 0 saturated carbocycles. The molecule has 3 nitrogen and oxygen atoms in total. The lowest BCUT2D eigenvalue weighted by atomic mass is 10.1. The summed E-state index contributed by atoms with van der Waals surface area (Å²) in [5, 5.41) is 0. The van der Waals surface area contributed by atoms with Gasteiger partial charge in [0, 0.05) is 18.5 Å². The maximum Gasteiger partial charge on any atom is 0.416 e. The van der Waals surface area contributed by atoms with Gasteiger partial charge in [0.1, 0.15) is 12.0 Å². The second-order valence-corrected chi connectivity index (χ2v) is 3.74. The molecule has 0 saturated heterocycles. The van der Waals surface area contributed by atoms with Crippen molar-refractivity contribution in [2.24, 2.45) is 5.73 Å². The van der Waals surface area contributed by atoms with Crippen molar-refractivity contribution in [2.45, 2.75) is 12.6 Å². The van der Waals surface area contributed by atoms with E-state index in [0.717, 1.165) is 12.1 Å². The number of oxazole rings is 1. The van der Waals surface area contributed by atoms with Gasteiger partial charge < -0.3 is 10.2 Å². The smallest absolute Gasteiger partial charge is 0.416 e. The predicted octanol–water partition coefficient (Wildman–Crippen LogP) is 2.86. The number of nitrogens with two attached hydrogens (primary N) is 1. The zero-order valence-corrected chi connectivity index (χ0v) is 9.37. The van der Waals surface area contributed by atoms with Crippen molar-refractivity contribution in [3.8, 4) is 11.3 Å². The fourth-order valence-electron chi connectivity index (χ4n) is 1.51. The Hall–Kier alpha value is -1.82. The lowest BCUT2D eigenvalue weighted by Gasteiger charge is -2.06. The van der Waals surface area contributed by atoms with Crippen molar-refractivity contribution in [3.63, 3.8) is 0 Å². The number of hydrogen-bond acceptors (Lipinski definition) is 3. The van der Waals surface area contributed by atoms with Gasteiger partial charge in [0.15, 0.2) is 5.89 Å². The first-order valence-corrected chi connectivity index (χ1v) is 5.33. The Balaban J connectivity index is 2.23. The van der Waals surface area contributed by atoms with Gasteiger partial charge in [0.25, 0.3) is 0 Å². The molecular formula is C12H11F3N2O. The highest BCUT2D eigenvalue weighted by molar-refractivity contribution is 5.58. The molecule has 0 radical (unpaired) electrons. The van der Waals surface area contributed by atoms with E-state index in [-0.39, 0.29) is 0 Å². The molecule has 0 amide bonds. The maximum atomic E-state index is 12.4. The maximum absolute atomic E-state index is 12.4. The summed E-state index contributed by atoms with van der Waals surface area (Å²) >= 11 is 0. The third-order valence-corrected chi connectivity index (χ3v) is 2.42. The van der Waals surface area contributed by atoms with Crippen LogP contribution in [0.15, 0.2) is 34.9 Å². The Labute approximate surface area is 101 Å². The van der Waals surface area contributed by atoms with Crippen molar-refractivity contribution in [3.05, 3.63) is 42.0 Å². The van der Waals surface area contributed by atoms with Crippen LogP contribution >= 0.6 is 0 Å². The van der Waals surface area contributed by atoms with Gasteiger partial charge in [0.2, 0.25) is 0 Å². The minimum absolute atomic E-state index is 0.410. The summed E-state index contributed by atoms with van der Waals surface area (Å²) in [7, 11) is 0. The van der Waals surface area contributed by atoms with E-state index in [2.05, 4.69) is 4.98 Å². The van der Waals surface area contributed by atoms with Crippen molar-refractivity contribution in [1.29, 1.82) is 0 Å². The average Bonchev–Trinajstić information content (AvgIpc) is 2.77. The number of alkyl halides is 3. The molecule has 2 N–H and O–H groups in total. The van der Waals surface area contributed by atoms with Crippen LogP contribution in [0.5, 0.6) is 0 Å². The van der Waals surface area contributed by atoms with E-state index in [4.69, 9.17) is 10.2 Å². The van der Waals surface area contributed by atoms with Gasteiger partial charge in [0.05, 0.1) is 5.56 Å². The lowest BCUT2D eigenvalue weighted by molar-refractivity contribution is -0.137. The number of aromatic nitrogens is 1. The van der Waals surface area contributed by atoms with Gasteiger partial charge in [-0.05, 0) is 12.1 Å². The summed E-state index contributed by atoms with van der Waals surface area (Å²) in [6.45, 7) is 0.410. The second kappa shape index (κ2) is 4.81. The molecule has 0 aliphatic rings. The van der Waals surface area contributed by atoms with Gasteiger partial charge in [-0.2, -0.15) is 13.2 Å². The molecule has 0 aliphatic heterocycles. The van der Waals surface area contributed by atoms with Gasteiger partial charge in [-0.25, -0.2) is 4.98 Å². The highest BCUT2D eigenvalue weighted by Gasteiger charge is 2.30. The average molecular weight is 256 g/mol. The fourth-order valence-corrected chi connectivity index (χ4v) is 1.51. The molecule has 96 valence electrons. The lowest BCUT2D eigenvalue weighted by Crippen LogP contribution is -2.04. The van der Waals surface area contributed by atoms with Gasteiger partial charge in [-0.3, -0.25) is 0 Å². The molecule has 6 heteroatoms. The summed E-state index contributed by atoms with van der Waals surface area (Å²) in [5.41, 5.74) is 5.75. The van der Waals surface area contributed by atoms with E-state index < -0.39 is 11.7 Å². The van der Waals surface area contributed by atoms with E-state index >= 15 is 0 Å². The van der Waals surface area contributed by atoms with Crippen LogP contribution in [0.3, 0.4) is 0 Å². The molecule has 1 aromatic carbocycles. The molecule has 18 heavy (non-hydrogen) atoms. The van der Waals surface area contributed by atoms with Crippen LogP contribution in [0.1, 0.15) is 11.5 Å². The highest BCUT2D eigenvalue weighted by atomic mass is 19.4. The number of rotatable bonds is 3. The second-order valence-electron chi connectivity index (χ2n) is 3.74. The van der Waals surface area contributed by atoms with E-state index in [0.29, 0.717) is 30.1 Å². The normalized spacial score (nSPS) is 11.8. The van der Waals surface area contributed by atoms with E-state index in [9.17, 15) is 13.2 Å².